The van der Waals surface area contributed by atoms with Crippen molar-refractivity contribution in [2.75, 3.05) is 18.4 Å². The van der Waals surface area contributed by atoms with Gasteiger partial charge in [0.2, 0.25) is 0 Å². The summed E-state index contributed by atoms with van der Waals surface area (Å²) in [5.74, 6) is 0.242. The number of nitrogens with zero attached hydrogens (tertiary/aromatic N) is 1. The molecule has 0 amide bonds. The quantitative estimate of drug-likeness (QED) is 0.629. The van der Waals surface area contributed by atoms with Crippen LogP contribution in [0.15, 0.2) is 12.3 Å². The maximum Gasteiger partial charge on any atom is 0.158 e. The van der Waals surface area contributed by atoms with Gasteiger partial charge in [-0.15, -0.1) is 0 Å². The molecule has 0 saturated carbocycles. The van der Waals surface area contributed by atoms with Crippen molar-refractivity contribution in [1.82, 2.24) is 4.90 Å². The Bertz CT molecular complexity index is 156. The van der Waals surface area contributed by atoms with Crippen molar-refractivity contribution < 1.29 is 4.79 Å². The summed E-state index contributed by atoms with van der Waals surface area (Å²) in [4.78, 5) is 12.8. The second kappa shape index (κ2) is 3.76. The van der Waals surface area contributed by atoms with E-state index < -0.39 is 0 Å². The van der Waals surface area contributed by atoms with E-state index in [1.54, 1.807) is 6.08 Å². The van der Waals surface area contributed by atoms with Crippen molar-refractivity contribution in [1.29, 1.82) is 0 Å². The van der Waals surface area contributed by atoms with E-state index in [2.05, 4.69) is 20.8 Å². The molecule has 0 fully saturated rings. The van der Waals surface area contributed by atoms with Crippen LogP contribution in [-0.4, -0.2) is 29.1 Å². The fourth-order valence-electron chi connectivity index (χ4n) is 0.895. The second-order valence-electron chi connectivity index (χ2n) is 2.26. The molecule has 2 nitrogen and oxygen atoms in total. The average Bonchev–Trinajstić information content (AvgIpc) is 1.95. The molecule has 0 radical (unpaired) electrons. The summed E-state index contributed by atoms with van der Waals surface area (Å²) in [6.45, 7) is 1.87. The minimum absolute atomic E-state index is 0.242. The van der Waals surface area contributed by atoms with Crippen LogP contribution in [0.5, 0.6) is 0 Å². The molecular weight excluding hydrogens is 194 g/mol. The Morgan fingerprint density at radius 3 is 3.00 bits per heavy atom. The third-order valence-corrected chi connectivity index (χ3v) is 1.84. The van der Waals surface area contributed by atoms with Crippen LogP contribution in [0.25, 0.3) is 0 Å². The molecule has 0 atom stereocenters. The smallest absolute Gasteiger partial charge is 0.158 e. The van der Waals surface area contributed by atoms with Crippen LogP contribution < -0.4 is 0 Å². The van der Waals surface area contributed by atoms with Crippen molar-refractivity contribution in [3.05, 3.63) is 12.3 Å². The monoisotopic (exact) mass is 203 g/mol. The largest absolute Gasteiger partial charge is 0.376 e. The number of hydrogen-bond donors (Lipinski definition) is 0. The average molecular weight is 204 g/mol. The van der Waals surface area contributed by atoms with Crippen molar-refractivity contribution >= 4 is 21.7 Å². The highest BCUT2D eigenvalue weighted by molar-refractivity contribution is 9.09. The van der Waals surface area contributed by atoms with Crippen LogP contribution in [0.3, 0.4) is 0 Å². The van der Waals surface area contributed by atoms with Gasteiger partial charge in [-0.1, -0.05) is 15.9 Å². The van der Waals surface area contributed by atoms with E-state index >= 15 is 0 Å². The fraction of sp³-hybridized carbons (Fsp3) is 0.571. The topological polar surface area (TPSA) is 20.3 Å². The lowest BCUT2D eigenvalue weighted by molar-refractivity contribution is -0.115. The first-order valence-electron chi connectivity index (χ1n) is 3.34. The SMILES string of the molecule is O=C1C=CN(CCBr)CC1. The maximum absolute atomic E-state index is 10.7. The number of ketones is 1. The summed E-state index contributed by atoms with van der Waals surface area (Å²) in [5.41, 5.74) is 0. The van der Waals surface area contributed by atoms with Gasteiger partial charge in [0.1, 0.15) is 0 Å². The van der Waals surface area contributed by atoms with Gasteiger partial charge in [0.25, 0.3) is 0 Å². The number of hydrogen-bond acceptors (Lipinski definition) is 2. The molecule has 0 bridgehead atoms. The standard InChI is InChI=1S/C7H10BrNO/c8-3-6-9-4-1-7(10)2-5-9/h1,4H,2-3,5-6H2. The van der Waals surface area contributed by atoms with E-state index in [9.17, 15) is 4.79 Å². The normalized spacial score (nSPS) is 18.1. The van der Waals surface area contributed by atoms with E-state index in [1.807, 2.05) is 6.20 Å². The predicted octanol–water partition coefficient (Wildman–Crippen LogP) is 1.17. The van der Waals surface area contributed by atoms with Gasteiger partial charge in [-0.2, -0.15) is 0 Å². The van der Waals surface area contributed by atoms with Gasteiger partial charge in [-0.3, -0.25) is 4.79 Å². The molecule has 0 aromatic rings. The van der Waals surface area contributed by atoms with Gasteiger partial charge in [0.05, 0.1) is 0 Å². The summed E-state index contributed by atoms with van der Waals surface area (Å²) in [6.07, 6.45) is 4.18. The summed E-state index contributed by atoms with van der Waals surface area (Å²) in [7, 11) is 0. The molecule has 0 aliphatic carbocycles. The first kappa shape index (κ1) is 7.79. The molecule has 1 rings (SSSR count). The Morgan fingerprint density at radius 2 is 2.50 bits per heavy atom. The highest BCUT2D eigenvalue weighted by atomic mass is 79.9. The Kier molecular flexibility index (Phi) is 2.93. The highest BCUT2D eigenvalue weighted by Gasteiger charge is 2.07. The first-order chi connectivity index (χ1) is 4.83. The van der Waals surface area contributed by atoms with E-state index in [0.29, 0.717) is 6.42 Å². The zero-order valence-electron chi connectivity index (χ0n) is 5.72. The van der Waals surface area contributed by atoms with Crippen molar-refractivity contribution in [3.8, 4) is 0 Å². The minimum atomic E-state index is 0.242. The number of alkyl halides is 1. The fourth-order valence-corrected chi connectivity index (χ4v) is 1.35. The molecule has 1 aliphatic heterocycles. The number of rotatable bonds is 2. The zero-order chi connectivity index (χ0) is 7.40. The van der Waals surface area contributed by atoms with E-state index in [-0.39, 0.29) is 5.78 Å². The maximum atomic E-state index is 10.7. The molecule has 3 heteroatoms. The van der Waals surface area contributed by atoms with Gasteiger partial charge in [0, 0.05) is 31.0 Å². The third kappa shape index (κ3) is 2.14. The van der Waals surface area contributed by atoms with Crippen LogP contribution in [-0.2, 0) is 4.79 Å². The summed E-state index contributed by atoms with van der Waals surface area (Å²) >= 11 is 3.34. The van der Waals surface area contributed by atoms with Gasteiger partial charge < -0.3 is 4.90 Å². The van der Waals surface area contributed by atoms with E-state index in [4.69, 9.17) is 0 Å². The van der Waals surface area contributed by atoms with E-state index in [1.165, 1.54) is 0 Å². The molecule has 0 spiro atoms. The Morgan fingerprint density at radius 1 is 1.70 bits per heavy atom. The highest BCUT2D eigenvalue weighted by Crippen LogP contribution is 2.02. The second-order valence-corrected chi connectivity index (χ2v) is 3.05. The molecule has 1 aliphatic rings. The molecular formula is C7H10BrNO. The number of halogens is 1. The Labute approximate surface area is 69.0 Å². The van der Waals surface area contributed by atoms with Gasteiger partial charge in [-0.25, -0.2) is 0 Å². The number of carbonyl (C=O) groups is 1. The summed E-state index contributed by atoms with van der Waals surface area (Å²) < 4.78 is 0. The number of carbonyl (C=O) groups excluding carboxylic acids is 1. The molecule has 56 valence electrons. The van der Waals surface area contributed by atoms with Crippen molar-refractivity contribution in [3.63, 3.8) is 0 Å². The van der Waals surface area contributed by atoms with Crippen LogP contribution in [0, 0.1) is 0 Å². The lowest BCUT2D eigenvalue weighted by Crippen LogP contribution is -2.26. The van der Waals surface area contributed by atoms with Gasteiger partial charge >= 0.3 is 0 Å². The Hall–Kier alpha value is -0.310. The van der Waals surface area contributed by atoms with Crippen molar-refractivity contribution in [2.24, 2.45) is 0 Å². The summed E-state index contributed by atoms with van der Waals surface area (Å²) in [5, 5.41) is 0.964. The lowest BCUT2D eigenvalue weighted by Gasteiger charge is -2.21. The molecule has 0 aromatic carbocycles. The first-order valence-corrected chi connectivity index (χ1v) is 4.46. The summed E-state index contributed by atoms with van der Waals surface area (Å²) in [6, 6.07) is 0. The van der Waals surface area contributed by atoms with E-state index in [0.717, 1.165) is 18.4 Å². The lowest BCUT2D eigenvalue weighted by atomic mass is 10.2. The molecule has 0 N–H and O–H groups in total. The molecule has 0 aromatic heterocycles. The van der Waals surface area contributed by atoms with Gasteiger partial charge in [0.15, 0.2) is 5.78 Å². The zero-order valence-corrected chi connectivity index (χ0v) is 7.30. The minimum Gasteiger partial charge on any atom is -0.376 e. The number of allylic oxidation sites excluding steroid dienone is 1. The molecule has 10 heavy (non-hydrogen) atoms. The molecule has 1 heterocycles. The van der Waals surface area contributed by atoms with Crippen LogP contribution in [0.4, 0.5) is 0 Å². The van der Waals surface area contributed by atoms with Crippen LogP contribution in [0.2, 0.25) is 0 Å². The third-order valence-electron chi connectivity index (χ3n) is 1.49. The molecule has 0 saturated heterocycles. The van der Waals surface area contributed by atoms with Crippen LogP contribution >= 0.6 is 15.9 Å². The van der Waals surface area contributed by atoms with Crippen LogP contribution in [0.1, 0.15) is 6.42 Å². The Balaban J connectivity index is 2.37. The molecule has 0 unspecified atom stereocenters. The van der Waals surface area contributed by atoms with Gasteiger partial charge in [-0.05, 0) is 6.08 Å². The predicted molar refractivity (Wildman–Crippen MR) is 44.1 cm³/mol. The van der Waals surface area contributed by atoms with Crippen molar-refractivity contribution in [2.45, 2.75) is 6.42 Å².